The molecule has 0 radical (unpaired) electrons. The molecule has 0 saturated carbocycles. The molecule has 0 atom stereocenters. The number of hydrogen-bond donors (Lipinski definition) is 1. The maximum Gasteiger partial charge on any atom is 0.251 e. The molecular weight excluding hydrogens is 526 g/mol. The van der Waals surface area contributed by atoms with Gasteiger partial charge in [0, 0.05) is 37.1 Å². The van der Waals surface area contributed by atoms with E-state index in [0.29, 0.717) is 30.2 Å². The van der Waals surface area contributed by atoms with Crippen molar-refractivity contribution in [1.29, 1.82) is 0 Å². The second-order valence-corrected chi connectivity index (χ2v) is 11.0. The highest BCUT2D eigenvalue weighted by Crippen LogP contribution is 2.33. The van der Waals surface area contributed by atoms with Crippen LogP contribution in [-0.2, 0) is 4.79 Å². The minimum Gasteiger partial charge on any atom is -0.490 e. The molecule has 0 bridgehead atoms. The smallest absolute Gasteiger partial charge is 0.251 e. The molecule has 41 heavy (non-hydrogen) atoms. The number of imidazole rings is 1. The Labute approximate surface area is 237 Å². The number of nitrogens with zero attached hydrogens (tertiary/aromatic N) is 5. The van der Waals surface area contributed by atoms with Crippen LogP contribution in [0.15, 0.2) is 48.8 Å². The Balaban J connectivity index is 1.17. The second-order valence-electron chi connectivity index (χ2n) is 11.0. The van der Waals surface area contributed by atoms with Gasteiger partial charge in [0.05, 0.1) is 6.54 Å². The van der Waals surface area contributed by atoms with Crippen molar-refractivity contribution in [3.05, 3.63) is 59.9 Å². The maximum absolute atomic E-state index is 12.7. The second kappa shape index (κ2) is 11.9. The van der Waals surface area contributed by atoms with Gasteiger partial charge in [-0.2, -0.15) is 0 Å². The summed E-state index contributed by atoms with van der Waals surface area (Å²) in [7, 11) is 0. The number of likely N-dealkylation sites (tertiary alicyclic amines) is 2. The summed E-state index contributed by atoms with van der Waals surface area (Å²) in [6.45, 7) is 4.74. The van der Waals surface area contributed by atoms with Crippen LogP contribution in [0.5, 0.6) is 5.75 Å². The predicted molar refractivity (Wildman–Crippen MR) is 153 cm³/mol. The lowest BCUT2D eigenvalue weighted by Crippen LogP contribution is -2.37. The summed E-state index contributed by atoms with van der Waals surface area (Å²) >= 11 is 0. The number of rotatable bonds is 8. The molecule has 4 heterocycles. The minimum absolute atomic E-state index is 0.0973. The van der Waals surface area contributed by atoms with Crippen molar-refractivity contribution in [1.82, 2.24) is 29.7 Å². The van der Waals surface area contributed by atoms with Crippen LogP contribution in [-0.4, -0.2) is 81.4 Å². The Hall–Kier alpha value is -3.92. The van der Waals surface area contributed by atoms with Crippen molar-refractivity contribution < 1.29 is 18.3 Å². The molecule has 4 aromatic rings. The van der Waals surface area contributed by atoms with Gasteiger partial charge in [0.15, 0.2) is 5.65 Å². The number of halogens is 2. The number of fused-ring (bicyclic) bond motifs is 1. The predicted octanol–water partition coefficient (Wildman–Crippen LogP) is 5.44. The number of alkyl halides is 2. The van der Waals surface area contributed by atoms with E-state index in [-0.39, 0.29) is 12.6 Å². The van der Waals surface area contributed by atoms with Gasteiger partial charge in [-0.3, -0.25) is 9.69 Å². The van der Waals surface area contributed by atoms with Gasteiger partial charge in [-0.15, -0.1) is 0 Å². The summed E-state index contributed by atoms with van der Waals surface area (Å²) in [5.41, 5.74) is 6.25. The van der Waals surface area contributed by atoms with E-state index in [0.717, 1.165) is 79.1 Å². The normalized spacial score (nSPS) is 17.4. The first kappa shape index (κ1) is 27.3. The number of aryl methyl sites for hydroxylation is 1. The maximum atomic E-state index is 12.7. The van der Waals surface area contributed by atoms with E-state index >= 15 is 0 Å². The fourth-order valence-electron chi connectivity index (χ4n) is 5.94. The zero-order valence-corrected chi connectivity index (χ0v) is 23.1. The largest absolute Gasteiger partial charge is 0.490 e. The average Bonchev–Trinajstić information content (AvgIpc) is 3.44. The summed E-state index contributed by atoms with van der Waals surface area (Å²) in [6.07, 6.45) is 3.69. The molecule has 0 spiro atoms. The summed E-state index contributed by atoms with van der Waals surface area (Å²) in [5, 5.41) is 0. The Morgan fingerprint density at radius 3 is 2.41 bits per heavy atom. The first-order valence-corrected chi connectivity index (χ1v) is 14.3. The van der Waals surface area contributed by atoms with E-state index < -0.39 is 6.43 Å². The number of ether oxygens (including phenoxy) is 1. The van der Waals surface area contributed by atoms with Crippen molar-refractivity contribution in [3.8, 4) is 28.4 Å². The van der Waals surface area contributed by atoms with Crippen LogP contribution in [0.4, 0.5) is 8.78 Å². The van der Waals surface area contributed by atoms with E-state index in [1.807, 2.05) is 24.0 Å². The van der Waals surface area contributed by atoms with Gasteiger partial charge in [0.25, 0.3) is 6.43 Å². The fraction of sp³-hybridized carbons (Fsp3) is 0.419. The summed E-state index contributed by atoms with van der Waals surface area (Å²) in [6, 6.07) is 14.4. The molecule has 2 aliphatic heterocycles. The van der Waals surface area contributed by atoms with E-state index in [4.69, 9.17) is 9.72 Å². The van der Waals surface area contributed by atoms with Crippen molar-refractivity contribution >= 4 is 17.6 Å². The molecule has 1 N–H and O–H groups in total. The van der Waals surface area contributed by atoms with E-state index in [2.05, 4.69) is 45.3 Å². The zero-order valence-electron chi connectivity index (χ0n) is 23.1. The fourth-order valence-corrected chi connectivity index (χ4v) is 5.94. The Bertz CT molecular complexity index is 1490. The highest BCUT2D eigenvalue weighted by molar-refractivity contribution is 5.89. The van der Waals surface area contributed by atoms with Gasteiger partial charge < -0.3 is 14.6 Å². The molecule has 0 aliphatic carbocycles. The zero-order chi connectivity index (χ0) is 28.3. The topological polar surface area (TPSA) is 87.2 Å². The average molecular weight is 561 g/mol. The Morgan fingerprint density at radius 1 is 1.00 bits per heavy atom. The number of carbonyl (C=O) groups is 1. The first-order chi connectivity index (χ1) is 20.0. The number of carbonyl (C=O) groups excluding carboxylic acids is 1. The number of amides is 1. The number of hydrogen-bond acceptors (Lipinski definition) is 6. The van der Waals surface area contributed by atoms with Crippen LogP contribution in [0.1, 0.15) is 42.7 Å². The van der Waals surface area contributed by atoms with E-state index in [1.165, 1.54) is 5.56 Å². The van der Waals surface area contributed by atoms with E-state index in [9.17, 15) is 13.6 Å². The van der Waals surface area contributed by atoms with Gasteiger partial charge >= 0.3 is 0 Å². The van der Waals surface area contributed by atoms with Crippen molar-refractivity contribution in [2.24, 2.45) is 0 Å². The molecule has 2 fully saturated rings. The molecule has 8 nitrogen and oxygen atoms in total. The number of nitrogens with one attached hydrogen (secondary N) is 1. The molecule has 2 aromatic carbocycles. The van der Waals surface area contributed by atoms with Gasteiger partial charge in [0.1, 0.15) is 35.2 Å². The SMILES string of the molecule is Cc1cc(-c2ncnc3[nH]c(-c4ccc(C5CCN(CC(F)F)CC5)cc4)nc23)ccc1OC1CCN(C=O)CC1. The monoisotopic (exact) mass is 560 g/mol. The molecule has 2 saturated heterocycles. The molecule has 2 aliphatic rings. The van der Waals surface area contributed by atoms with Crippen molar-refractivity contribution in [3.63, 3.8) is 0 Å². The van der Waals surface area contributed by atoms with Gasteiger partial charge in [-0.1, -0.05) is 24.3 Å². The standard InChI is InChI=1S/C31H34F2N6O2/c1-20-16-24(6-7-26(20)41-25-10-14-39(19-40)15-11-25)28-29-31(35-18-34-28)37-30(36-29)23-4-2-21(3-5-23)22-8-12-38(13-9-22)17-27(32)33/h2-7,16,18-19,22,25,27H,8-15,17H2,1H3,(H,34,35,36,37). The number of aromatic amines is 1. The highest BCUT2D eigenvalue weighted by atomic mass is 19.3. The third-order valence-electron chi connectivity index (χ3n) is 8.29. The molecule has 214 valence electrons. The highest BCUT2D eigenvalue weighted by Gasteiger charge is 2.23. The first-order valence-electron chi connectivity index (χ1n) is 14.3. The molecule has 10 heteroatoms. The van der Waals surface area contributed by atoms with Gasteiger partial charge in [-0.05, 0) is 68.1 Å². The van der Waals surface area contributed by atoms with Crippen molar-refractivity contribution in [2.45, 2.75) is 51.1 Å². The van der Waals surface area contributed by atoms with Crippen LogP contribution >= 0.6 is 0 Å². The molecule has 1 amide bonds. The lowest BCUT2D eigenvalue weighted by molar-refractivity contribution is -0.119. The van der Waals surface area contributed by atoms with Crippen LogP contribution in [0.3, 0.4) is 0 Å². The summed E-state index contributed by atoms with van der Waals surface area (Å²) in [4.78, 5) is 31.8. The molecular formula is C31H34F2N6O2. The quantitative estimate of drug-likeness (QED) is 0.289. The molecule has 2 aromatic heterocycles. The van der Waals surface area contributed by atoms with Crippen LogP contribution in [0.2, 0.25) is 0 Å². The lowest BCUT2D eigenvalue weighted by Gasteiger charge is -2.31. The van der Waals surface area contributed by atoms with Crippen molar-refractivity contribution in [2.75, 3.05) is 32.7 Å². The summed E-state index contributed by atoms with van der Waals surface area (Å²) < 4.78 is 31.7. The Kier molecular flexibility index (Phi) is 7.91. The number of H-pyrrole nitrogens is 1. The molecule has 0 unspecified atom stereocenters. The Morgan fingerprint density at radius 2 is 1.73 bits per heavy atom. The van der Waals surface area contributed by atoms with Crippen LogP contribution < -0.4 is 4.74 Å². The van der Waals surface area contributed by atoms with Gasteiger partial charge in [-0.25, -0.2) is 23.7 Å². The van der Waals surface area contributed by atoms with Gasteiger partial charge in [0.2, 0.25) is 6.41 Å². The molecule has 6 rings (SSSR count). The number of aromatic nitrogens is 4. The van der Waals surface area contributed by atoms with Crippen LogP contribution in [0.25, 0.3) is 33.8 Å². The number of piperidine rings is 2. The number of benzene rings is 2. The third-order valence-corrected chi connectivity index (χ3v) is 8.29. The third kappa shape index (κ3) is 6.07. The minimum atomic E-state index is -2.28. The summed E-state index contributed by atoms with van der Waals surface area (Å²) in [5.74, 6) is 1.94. The van der Waals surface area contributed by atoms with E-state index in [1.54, 1.807) is 11.2 Å². The van der Waals surface area contributed by atoms with Crippen LogP contribution in [0, 0.1) is 6.92 Å². The lowest BCUT2D eigenvalue weighted by atomic mass is 9.89.